The number of amides is 1. The van der Waals surface area contributed by atoms with Crippen molar-refractivity contribution in [3.63, 3.8) is 0 Å². The SMILES string of the molecule is O=C(COC(=O)c1ccc(=O)[nH]c1)NCc1ccc(Cl)cc1Cl. The van der Waals surface area contributed by atoms with Gasteiger partial charge >= 0.3 is 5.97 Å². The number of ether oxygens (including phenoxy) is 1. The van der Waals surface area contributed by atoms with E-state index in [2.05, 4.69) is 10.3 Å². The van der Waals surface area contributed by atoms with E-state index in [0.717, 1.165) is 0 Å². The number of hydrogen-bond donors (Lipinski definition) is 2. The second kappa shape index (κ2) is 7.80. The molecule has 0 saturated carbocycles. The van der Waals surface area contributed by atoms with Crippen LogP contribution in [-0.4, -0.2) is 23.5 Å². The van der Waals surface area contributed by atoms with Crippen molar-refractivity contribution in [3.05, 3.63) is 68.1 Å². The van der Waals surface area contributed by atoms with Crippen LogP contribution in [0.4, 0.5) is 0 Å². The number of carbonyl (C=O) groups excluding carboxylic acids is 2. The second-order valence-electron chi connectivity index (χ2n) is 4.53. The highest BCUT2D eigenvalue weighted by Gasteiger charge is 2.10. The van der Waals surface area contributed by atoms with Gasteiger partial charge in [-0.2, -0.15) is 0 Å². The molecule has 1 aromatic carbocycles. The first-order chi connectivity index (χ1) is 11.0. The lowest BCUT2D eigenvalue weighted by atomic mass is 10.2. The average Bonchev–Trinajstić information content (AvgIpc) is 2.52. The van der Waals surface area contributed by atoms with Crippen LogP contribution < -0.4 is 10.9 Å². The maximum Gasteiger partial charge on any atom is 0.340 e. The summed E-state index contributed by atoms with van der Waals surface area (Å²) in [7, 11) is 0. The Morgan fingerprint density at radius 3 is 2.61 bits per heavy atom. The standard InChI is InChI=1S/C15H12Cl2N2O4/c16-11-3-1-9(12(17)5-11)6-19-14(21)8-23-15(22)10-2-4-13(20)18-7-10/h1-5,7H,6,8H2,(H,18,20)(H,19,21). The van der Waals surface area contributed by atoms with Gasteiger partial charge in [-0.1, -0.05) is 29.3 Å². The molecule has 0 atom stereocenters. The molecule has 0 fully saturated rings. The third-order valence-electron chi connectivity index (χ3n) is 2.85. The lowest BCUT2D eigenvalue weighted by molar-refractivity contribution is -0.124. The molecule has 2 N–H and O–H groups in total. The number of pyridine rings is 1. The van der Waals surface area contributed by atoms with Gasteiger partial charge in [-0.3, -0.25) is 9.59 Å². The first-order valence-electron chi connectivity index (χ1n) is 6.52. The smallest absolute Gasteiger partial charge is 0.340 e. The Balaban J connectivity index is 1.82. The van der Waals surface area contributed by atoms with Crippen molar-refractivity contribution in [2.24, 2.45) is 0 Å². The molecule has 6 nitrogen and oxygen atoms in total. The van der Waals surface area contributed by atoms with E-state index in [-0.39, 0.29) is 17.7 Å². The Labute approximate surface area is 141 Å². The summed E-state index contributed by atoms with van der Waals surface area (Å²) in [5, 5.41) is 3.51. The summed E-state index contributed by atoms with van der Waals surface area (Å²) in [5.74, 6) is -1.19. The number of hydrogen-bond acceptors (Lipinski definition) is 4. The zero-order chi connectivity index (χ0) is 16.8. The summed E-state index contributed by atoms with van der Waals surface area (Å²) in [6.07, 6.45) is 1.22. The molecule has 1 aromatic heterocycles. The molecule has 0 saturated heterocycles. The molecular formula is C15H12Cl2N2O4. The van der Waals surface area contributed by atoms with E-state index in [0.29, 0.717) is 15.6 Å². The van der Waals surface area contributed by atoms with Crippen LogP contribution in [0.15, 0.2) is 41.3 Å². The minimum atomic E-state index is -0.707. The van der Waals surface area contributed by atoms with Gasteiger partial charge in [-0.15, -0.1) is 0 Å². The average molecular weight is 355 g/mol. The normalized spacial score (nSPS) is 10.2. The van der Waals surface area contributed by atoms with E-state index in [4.69, 9.17) is 27.9 Å². The minimum absolute atomic E-state index is 0.151. The van der Waals surface area contributed by atoms with E-state index in [1.165, 1.54) is 18.3 Å². The van der Waals surface area contributed by atoms with Gasteiger partial charge in [-0.25, -0.2) is 4.79 Å². The van der Waals surface area contributed by atoms with E-state index in [1.54, 1.807) is 18.2 Å². The van der Waals surface area contributed by atoms with Crippen LogP contribution in [0.2, 0.25) is 10.0 Å². The minimum Gasteiger partial charge on any atom is -0.452 e. The number of halogens is 2. The Hall–Kier alpha value is -2.31. The molecule has 0 aliphatic rings. The zero-order valence-electron chi connectivity index (χ0n) is 11.8. The van der Waals surface area contributed by atoms with Crippen LogP contribution in [0.25, 0.3) is 0 Å². The molecule has 0 radical (unpaired) electrons. The van der Waals surface area contributed by atoms with Gasteiger partial charge in [0.05, 0.1) is 5.56 Å². The van der Waals surface area contributed by atoms with Gasteiger partial charge in [0.2, 0.25) is 5.56 Å². The van der Waals surface area contributed by atoms with Crippen LogP contribution in [0.3, 0.4) is 0 Å². The third-order valence-corrected chi connectivity index (χ3v) is 3.43. The summed E-state index contributed by atoms with van der Waals surface area (Å²) < 4.78 is 4.84. The maximum absolute atomic E-state index is 11.7. The third kappa shape index (κ3) is 5.12. The van der Waals surface area contributed by atoms with Crippen LogP contribution >= 0.6 is 23.2 Å². The topological polar surface area (TPSA) is 88.3 Å². The Morgan fingerprint density at radius 1 is 1.17 bits per heavy atom. The Bertz CT molecular complexity index is 769. The molecule has 0 aliphatic heterocycles. The summed E-state index contributed by atoms with van der Waals surface area (Å²) >= 11 is 11.8. The molecule has 1 heterocycles. The number of esters is 1. The molecule has 0 spiro atoms. The van der Waals surface area contributed by atoms with E-state index in [1.807, 2.05) is 0 Å². The monoisotopic (exact) mass is 354 g/mol. The van der Waals surface area contributed by atoms with Crippen LogP contribution in [0.1, 0.15) is 15.9 Å². The van der Waals surface area contributed by atoms with Crippen molar-refractivity contribution < 1.29 is 14.3 Å². The summed E-state index contributed by atoms with van der Waals surface area (Å²) in [4.78, 5) is 36.6. The van der Waals surface area contributed by atoms with Gasteiger partial charge in [0.15, 0.2) is 6.61 Å². The lowest BCUT2D eigenvalue weighted by Gasteiger charge is -2.08. The van der Waals surface area contributed by atoms with E-state index >= 15 is 0 Å². The fourth-order valence-electron chi connectivity index (χ4n) is 1.66. The van der Waals surface area contributed by atoms with Crippen molar-refractivity contribution in [1.82, 2.24) is 10.3 Å². The highest BCUT2D eigenvalue weighted by atomic mass is 35.5. The van der Waals surface area contributed by atoms with Crippen molar-refractivity contribution in [3.8, 4) is 0 Å². The Kier molecular flexibility index (Phi) is 5.78. The number of carbonyl (C=O) groups is 2. The van der Waals surface area contributed by atoms with Gasteiger partial charge in [0.25, 0.3) is 5.91 Å². The number of rotatable bonds is 5. The number of aromatic nitrogens is 1. The second-order valence-corrected chi connectivity index (χ2v) is 5.37. The molecule has 2 rings (SSSR count). The molecule has 0 aliphatic carbocycles. The summed E-state index contributed by atoms with van der Waals surface area (Å²) in [6.45, 7) is -0.256. The quantitative estimate of drug-likeness (QED) is 0.805. The first kappa shape index (κ1) is 17.1. The van der Waals surface area contributed by atoms with Crippen LogP contribution in [0, 0.1) is 0 Å². The number of H-pyrrole nitrogens is 1. The highest BCUT2D eigenvalue weighted by Crippen LogP contribution is 2.20. The molecule has 0 unspecified atom stereocenters. The summed E-state index contributed by atoms with van der Waals surface area (Å²) in [6, 6.07) is 7.43. The zero-order valence-corrected chi connectivity index (χ0v) is 13.3. The highest BCUT2D eigenvalue weighted by molar-refractivity contribution is 6.35. The molecule has 120 valence electrons. The van der Waals surface area contributed by atoms with Crippen molar-refractivity contribution >= 4 is 35.1 Å². The fourth-order valence-corrected chi connectivity index (χ4v) is 2.14. The Morgan fingerprint density at radius 2 is 1.96 bits per heavy atom. The predicted octanol–water partition coefficient (Wildman–Crippen LogP) is 2.15. The van der Waals surface area contributed by atoms with Gasteiger partial charge in [0.1, 0.15) is 0 Å². The number of nitrogens with one attached hydrogen (secondary N) is 2. The first-order valence-corrected chi connectivity index (χ1v) is 7.28. The van der Waals surface area contributed by atoms with Gasteiger partial charge in [0, 0.05) is 28.9 Å². The van der Waals surface area contributed by atoms with Crippen LogP contribution in [0.5, 0.6) is 0 Å². The maximum atomic E-state index is 11.7. The molecule has 1 amide bonds. The van der Waals surface area contributed by atoms with E-state index in [9.17, 15) is 14.4 Å². The van der Waals surface area contributed by atoms with E-state index < -0.39 is 18.5 Å². The molecule has 0 bridgehead atoms. The predicted molar refractivity (Wildman–Crippen MR) is 85.7 cm³/mol. The summed E-state index contributed by atoms with van der Waals surface area (Å²) in [5.41, 5.74) is 0.508. The van der Waals surface area contributed by atoms with Crippen molar-refractivity contribution in [2.45, 2.75) is 6.54 Å². The van der Waals surface area contributed by atoms with Gasteiger partial charge < -0.3 is 15.0 Å². The fraction of sp³-hybridized carbons (Fsp3) is 0.133. The van der Waals surface area contributed by atoms with Crippen molar-refractivity contribution in [2.75, 3.05) is 6.61 Å². The van der Waals surface area contributed by atoms with Crippen LogP contribution in [-0.2, 0) is 16.1 Å². The van der Waals surface area contributed by atoms with Crippen molar-refractivity contribution in [1.29, 1.82) is 0 Å². The van der Waals surface area contributed by atoms with Gasteiger partial charge in [-0.05, 0) is 23.8 Å². The molecular weight excluding hydrogens is 343 g/mol. The lowest BCUT2D eigenvalue weighted by Crippen LogP contribution is -2.28. The molecule has 2 aromatic rings. The number of benzene rings is 1. The largest absolute Gasteiger partial charge is 0.452 e. The number of aromatic amines is 1. The molecule has 8 heteroatoms. The molecule has 23 heavy (non-hydrogen) atoms.